The SMILES string of the molecule is c1ccc2c(c1)ccc1c2c2cc3c(cc2n2c4cc(-c5ccc6c(ccc7c6c6cc8c(cc6n6c9cc(-c%10ccc%11c(ccc%12c%11c%11cc%13oc%14ccccc%14c%13cc%11n%11c%13ccccc%13cc%12%11)c%10)ccc9cc76)oc6ccccc68)c5)ccc4cc12)sc1ccccc13. The molecule has 440 valence electrons. The summed E-state index contributed by atoms with van der Waals surface area (Å²) in [5.41, 5.74) is 18.9. The first-order valence-corrected chi connectivity index (χ1v) is 33.8. The van der Waals surface area contributed by atoms with Crippen molar-refractivity contribution >= 4 is 222 Å². The summed E-state index contributed by atoms with van der Waals surface area (Å²) in [4.78, 5) is 0. The van der Waals surface area contributed by atoms with Crippen LogP contribution in [0.1, 0.15) is 0 Å². The minimum Gasteiger partial charge on any atom is -0.456 e. The number of hydrogen-bond acceptors (Lipinski definition) is 3. The number of fused-ring (bicyclic) bond motifs is 39. The predicted octanol–water partition coefficient (Wildman–Crippen LogP) is 25.8. The Bertz CT molecular complexity index is 7780. The van der Waals surface area contributed by atoms with Crippen molar-refractivity contribution < 1.29 is 8.83 Å². The van der Waals surface area contributed by atoms with Crippen LogP contribution in [0.3, 0.4) is 0 Å². The predicted molar refractivity (Wildman–Crippen MR) is 408 cm³/mol. The summed E-state index contributed by atoms with van der Waals surface area (Å²) in [6.45, 7) is 0. The molecule has 0 atom stereocenters. The van der Waals surface area contributed by atoms with Gasteiger partial charge in [0.1, 0.15) is 22.3 Å². The highest BCUT2D eigenvalue weighted by Gasteiger charge is 2.23. The number of furan rings is 2. The fourth-order valence-electron chi connectivity index (χ4n) is 17.5. The summed E-state index contributed by atoms with van der Waals surface area (Å²) in [5, 5.41) is 29.2. The Hall–Kier alpha value is -12.5. The summed E-state index contributed by atoms with van der Waals surface area (Å²) >= 11 is 1.89. The fraction of sp³-hybridized carbons (Fsp3) is 0. The minimum absolute atomic E-state index is 0.876. The van der Waals surface area contributed by atoms with Crippen LogP contribution < -0.4 is 0 Å². The zero-order valence-corrected chi connectivity index (χ0v) is 52.0. The van der Waals surface area contributed by atoms with Gasteiger partial charge in [0.05, 0.1) is 49.7 Å². The third kappa shape index (κ3) is 6.48. The van der Waals surface area contributed by atoms with Crippen LogP contribution in [0.4, 0.5) is 0 Å². The highest BCUT2D eigenvalue weighted by atomic mass is 32.1. The van der Waals surface area contributed by atoms with Gasteiger partial charge in [-0.3, -0.25) is 0 Å². The smallest absolute Gasteiger partial charge is 0.137 e. The largest absolute Gasteiger partial charge is 0.456 e. The van der Waals surface area contributed by atoms with E-state index in [0.29, 0.717) is 0 Å². The normalized spacial score (nSPS) is 12.8. The van der Waals surface area contributed by atoms with E-state index in [1.54, 1.807) is 0 Å². The van der Waals surface area contributed by atoms with Crippen molar-refractivity contribution in [2.75, 3.05) is 0 Å². The van der Waals surface area contributed by atoms with Gasteiger partial charge in [0.25, 0.3) is 0 Å². The number of pyridine rings is 3. The number of thiophene rings is 1. The Labute approximate surface area is 547 Å². The van der Waals surface area contributed by atoms with Crippen molar-refractivity contribution in [3.8, 4) is 22.3 Å². The zero-order chi connectivity index (χ0) is 61.9. The van der Waals surface area contributed by atoms with Gasteiger partial charge in [0.15, 0.2) is 0 Å². The summed E-state index contributed by atoms with van der Waals surface area (Å²) in [5.74, 6) is 0. The number of rotatable bonds is 2. The highest BCUT2D eigenvalue weighted by molar-refractivity contribution is 7.25. The van der Waals surface area contributed by atoms with Gasteiger partial charge < -0.3 is 22.0 Å². The van der Waals surface area contributed by atoms with Crippen LogP contribution in [0.25, 0.3) is 233 Å². The van der Waals surface area contributed by atoms with E-state index in [1.165, 1.54) is 161 Å². The molecule has 9 aromatic heterocycles. The van der Waals surface area contributed by atoms with E-state index in [2.05, 4.69) is 298 Å². The molecule has 24 aromatic rings. The van der Waals surface area contributed by atoms with Gasteiger partial charge in [-0.2, -0.15) is 0 Å². The third-order valence-corrected chi connectivity index (χ3v) is 22.9. The van der Waals surface area contributed by atoms with Crippen molar-refractivity contribution in [1.82, 2.24) is 13.2 Å². The molecule has 24 rings (SSSR count). The maximum Gasteiger partial charge on any atom is 0.137 e. The van der Waals surface area contributed by atoms with Crippen LogP contribution in [-0.2, 0) is 0 Å². The van der Waals surface area contributed by atoms with E-state index in [0.717, 1.165) is 71.6 Å². The quantitative estimate of drug-likeness (QED) is 0.162. The monoisotopic (exact) mass is 1230 g/mol. The lowest BCUT2D eigenvalue weighted by molar-refractivity contribution is 0.669. The van der Waals surface area contributed by atoms with E-state index < -0.39 is 0 Å². The second-order valence-corrected chi connectivity index (χ2v) is 27.7. The molecular weight excluding hydrogens is 1190 g/mol. The first-order valence-electron chi connectivity index (χ1n) is 33.0. The fourth-order valence-corrected chi connectivity index (χ4v) is 18.6. The van der Waals surface area contributed by atoms with Crippen LogP contribution >= 0.6 is 11.3 Å². The van der Waals surface area contributed by atoms with Gasteiger partial charge in [-0.25, -0.2) is 0 Å². The van der Waals surface area contributed by atoms with Crippen molar-refractivity contribution in [3.63, 3.8) is 0 Å². The average molecular weight is 1230 g/mol. The molecule has 0 bridgehead atoms. The lowest BCUT2D eigenvalue weighted by atomic mass is 9.94. The molecule has 0 radical (unpaired) electrons. The molecule has 0 N–H and O–H groups in total. The molecule has 0 fully saturated rings. The maximum absolute atomic E-state index is 6.75. The molecule has 0 aliphatic carbocycles. The molecule has 0 aliphatic rings. The van der Waals surface area contributed by atoms with Gasteiger partial charge in [-0.1, -0.05) is 182 Å². The van der Waals surface area contributed by atoms with E-state index in [-0.39, 0.29) is 0 Å². The minimum atomic E-state index is 0.876. The Morgan fingerprint density at radius 1 is 0.188 bits per heavy atom. The van der Waals surface area contributed by atoms with E-state index in [4.69, 9.17) is 8.83 Å². The molecule has 15 aromatic carbocycles. The second kappa shape index (κ2) is 17.8. The highest BCUT2D eigenvalue weighted by Crippen LogP contribution is 2.48. The Kier molecular flexibility index (Phi) is 9.29. The number of para-hydroxylation sites is 3. The maximum atomic E-state index is 6.75. The molecule has 6 heteroatoms. The summed E-state index contributed by atoms with van der Waals surface area (Å²) in [6, 6.07) is 107. The molecule has 96 heavy (non-hydrogen) atoms. The summed E-state index contributed by atoms with van der Waals surface area (Å²) < 4.78 is 23.5. The van der Waals surface area contributed by atoms with E-state index in [9.17, 15) is 0 Å². The van der Waals surface area contributed by atoms with Crippen molar-refractivity contribution in [2.24, 2.45) is 0 Å². The molecule has 0 spiro atoms. The van der Waals surface area contributed by atoms with Gasteiger partial charge in [-0.05, 0) is 152 Å². The van der Waals surface area contributed by atoms with Crippen LogP contribution in [0.5, 0.6) is 0 Å². The number of benzene rings is 15. The van der Waals surface area contributed by atoms with E-state index in [1.807, 2.05) is 11.3 Å². The summed E-state index contributed by atoms with van der Waals surface area (Å²) in [6.07, 6.45) is 0. The lowest BCUT2D eigenvalue weighted by Gasteiger charge is -2.15. The average Bonchev–Trinajstić information content (AvgIpc) is 1.46. The van der Waals surface area contributed by atoms with Crippen LogP contribution in [-0.4, -0.2) is 13.2 Å². The van der Waals surface area contributed by atoms with Crippen molar-refractivity contribution in [3.05, 3.63) is 285 Å². The van der Waals surface area contributed by atoms with Crippen LogP contribution in [0.15, 0.2) is 294 Å². The first kappa shape index (κ1) is 50.1. The molecule has 0 amide bonds. The molecule has 0 saturated carbocycles. The first-order chi connectivity index (χ1) is 47.5. The standard InChI is InChI=1S/C90H47N3O2S/c1-3-13-58-48(11-1)25-32-64-78-41-57-24-22-52(38-75(57)93(78)81-47-87-69(43-71(81)88(58)64)63-16-6-10-20-86(63)96-87)49-26-30-59-53(35-49)29-34-66-77-40-56-23-21-51(37-74(56)92(77)80-46-85-67(42-70(80)89(59)66)61-14-4-8-18-82(61)95-85)50-27-31-60-54(36-50)28-33-65-76-39-55-12-2-7-17-73(55)91(76)79-44-68-62-15-5-9-19-83(62)94-84(68)45-72(79)90(60)65/h1-47H. The van der Waals surface area contributed by atoms with Crippen molar-refractivity contribution in [2.45, 2.75) is 0 Å². The molecule has 0 unspecified atom stereocenters. The van der Waals surface area contributed by atoms with Gasteiger partial charge in [0.2, 0.25) is 0 Å². The second-order valence-electron chi connectivity index (χ2n) is 26.6. The zero-order valence-electron chi connectivity index (χ0n) is 51.2. The number of hydrogen-bond donors (Lipinski definition) is 0. The van der Waals surface area contributed by atoms with Gasteiger partial charge >= 0.3 is 0 Å². The lowest BCUT2D eigenvalue weighted by Crippen LogP contribution is -1.93. The molecule has 5 nitrogen and oxygen atoms in total. The Morgan fingerprint density at radius 3 is 1.23 bits per heavy atom. The Morgan fingerprint density at radius 2 is 0.594 bits per heavy atom. The molecule has 0 saturated heterocycles. The van der Waals surface area contributed by atoms with E-state index >= 15 is 0 Å². The van der Waals surface area contributed by atoms with Crippen LogP contribution in [0.2, 0.25) is 0 Å². The molecule has 0 aliphatic heterocycles. The summed E-state index contributed by atoms with van der Waals surface area (Å²) in [7, 11) is 0. The Balaban J connectivity index is 0.693. The van der Waals surface area contributed by atoms with Crippen LogP contribution in [0, 0.1) is 0 Å². The van der Waals surface area contributed by atoms with Gasteiger partial charge in [-0.15, -0.1) is 11.3 Å². The third-order valence-electron chi connectivity index (χ3n) is 21.8. The topological polar surface area (TPSA) is 39.5 Å². The molecular formula is C90H47N3O2S. The van der Waals surface area contributed by atoms with Crippen molar-refractivity contribution in [1.29, 1.82) is 0 Å². The van der Waals surface area contributed by atoms with Gasteiger partial charge in [0, 0.05) is 112 Å². The number of aromatic nitrogens is 3. The number of nitrogens with zero attached hydrogens (tertiary/aromatic N) is 3. The molecule has 9 heterocycles.